The molecule has 0 radical (unpaired) electrons. The number of rotatable bonds is 4. The molecule has 8 rings (SSSR count). The zero-order valence-corrected chi connectivity index (χ0v) is 23.0. The lowest BCUT2D eigenvalue weighted by Crippen LogP contribution is -1.98. The first-order valence-electron chi connectivity index (χ1n) is 13.8. The van der Waals surface area contributed by atoms with Gasteiger partial charge in [-0.1, -0.05) is 121 Å². The quantitative estimate of drug-likeness (QED) is 0.222. The molecular formula is C38H24N2S. The fraction of sp³-hybridized carbons (Fsp3) is 0. The van der Waals surface area contributed by atoms with Gasteiger partial charge < -0.3 is 0 Å². The van der Waals surface area contributed by atoms with Gasteiger partial charge in [-0.05, 0) is 51.0 Å². The van der Waals surface area contributed by atoms with Crippen LogP contribution >= 0.6 is 11.3 Å². The van der Waals surface area contributed by atoms with Gasteiger partial charge in [0, 0.05) is 21.7 Å². The van der Waals surface area contributed by atoms with Crippen LogP contribution in [0.4, 0.5) is 0 Å². The standard InChI is InChI=1S/C38H24N2S/c1-2-11-26(12-3-1)29-17-9-19-31-35(29)36(30-18-8-15-25-13-4-6-16-28(25)30)38(34-21-10-24-41-34)40-37(31)33-23-22-27-14-5-7-20-32(27)39-33/h1-24H. The average Bonchev–Trinajstić information content (AvgIpc) is 3.59. The van der Waals surface area contributed by atoms with Crippen LogP contribution in [-0.4, -0.2) is 9.97 Å². The zero-order chi connectivity index (χ0) is 27.2. The Labute approximate surface area is 242 Å². The minimum Gasteiger partial charge on any atom is -0.246 e. The van der Waals surface area contributed by atoms with Crippen LogP contribution in [0, 0.1) is 0 Å². The molecule has 2 nitrogen and oxygen atoms in total. The summed E-state index contributed by atoms with van der Waals surface area (Å²) in [4.78, 5) is 11.7. The van der Waals surface area contributed by atoms with E-state index < -0.39 is 0 Å². The van der Waals surface area contributed by atoms with Crippen LogP contribution in [-0.2, 0) is 0 Å². The molecule has 0 saturated heterocycles. The van der Waals surface area contributed by atoms with Crippen molar-refractivity contribution in [1.82, 2.24) is 9.97 Å². The molecule has 0 spiro atoms. The number of para-hydroxylation sites is 1. The number of hydrogen-bond donors (Lipinski definition) is 0. The Hall–Kier alpha value is -5.12. The van der Waals surface area contributed by atoms with Gasteiger partial charge in [-0.15, -0.1) is 11.3 Å². The van der Waals surface area contributed by atoms with E-state index in [1.165, 1.54) is 32.8 Å². The Morgan fingerprint density at radius 1 is 0.463 bits per heavy atom. The van der Waals surface area contributed by atoms with Crippen molar-refractivity contribution < 1.29 is 0 Å². The summed E-state index contributed by atoms with van der Waals surface area (Å²) in [6.07, 6.45) is 0. The molecule has 41 heavy (non-hydrogen) atoms. The molecule has 3 heteroatoms. The maximum absolute atomic E-state index is 5.49. The Balaban J connectivity index is 1.57. The van der Waals surface area contributed by atoms with Crippen LogP contribution in [0.25, 0.3) is 76.7 Å². The summed E-state index contributed by atoms with van der Waals surface area (Å²) >= 11 is 1.72. The third-order valence-corrected chi connectivity index (χ3v) is 8.65. The second-order valence-electron chi connectivity index (χ2n) is 10.2. The Bertz CT molecular complexity index is 2190. The lowest BCUT2D eigenvalue weighted by molar-refractivity contribution is 1.31. The molecule has 3 aromatic heterocycles. The fourth-order valence-corrected chi connectivity index (χ4v) is 6.63. The average molecular weight is 541 g/mol. The van der Waals surface area contributed by atoms with Crippen molar-refractivity contribution in [3.63, 3.8) is 0 Å². The molecule has 0 N–H and O–H groups in total. The maximum atomic E-state index is 5.49. The molecule has 0 amide bonds. The molecule has 5 aromatic carbocycles. The minimum atomic E-state index is 0.876. The summed E-state index contributed by atoms with van der Waals surface area (Å²) < 4.78 is 0. The topological polar surface area (TPSA) is 25.8 Å². The second kappa shape index (κ2) is 9.81. The largest absolute Gasteiger partial charge is 0.246 e. The van der Waals surface area contributed by atoms with E-state index in [0.29, 0.717) is 0 Å². The maximum Gasteiger partial charge on any atom is 0.0973 e. The molecule has 0 bridgehead atoms. The summed E-state index contributed by atoms with van der Waals surface area (Å²) in [5, 5.41) is 7.97. The van der Waals surface area contributed by atoms with Gasteiger partial charge in [0.15, 0.2) is 0 Å². The zero-order valence-electron chi connectivity index (χ0n) is 22.2. The number of pyridine rings is 2. The van der Waals surface area contributed by atoms with Crippen LogP contribution in [0.2, 0.25) is 0 Å². The first-order chi connectivity index (χ1) is 20.3. The SMILES string of the molecule is c1ccc(-c2cccc3c(-c4ccc5ccccc5n4)nc(-c4cccs4)c(-c4cccc5ccccc45)c23)cc1. The first-order valence-corrected chi connectivity index (χ1v) is 14.6. The molecule has 0 aliphatic heterocycles. The van der Waals surface area contributed by atoms with Gasteiger partial charge in [0.05, 0.1) is 27.5 Å². The van der Waals surface area contributed by atoms with Crippen LogP contribution < -0.4 is 0 Å². The van der Waals surface area contributed by atoms with E-state index in [-0.39, 0.29) is 0 Å². The number of aromatic nitrogens is 2. The number of hydrogen-bond acceptors (Lipinski definition) is 3. The number of fused-ring (bicyclic) bond motifs is 3. The minimum absolute atomic E-state index is 0.876. The molecular weight excluding hydrogens is 516 g/mol. The highest BCUT2D eigenvalue weighted by atomic mass is 32.1. The van der Waals surface area contributed by atoms with Crippen LogP contribution in [0.5, 0.6) is 0 Å². The second-order valence-corrected chi connectivity index (χ2v) is 11.1. The predicted octanol–water partition coefficient (Wildman–Crippen LogP) is 10.7. The Kier molecular flexibility index (Phi) is 5.68. The van der Waals surface area contributed by atoms with E-state index in [2.05, 4.69) is 139 Å². The molecule has 0 atom stereocenters. The third kappa shape index (κ3) is 4.02. The van der Waals surface area contributed by atoms with Crippen LogP contribution in [0.1, 0.15) is 0 Å². The molecule has 8 aromatic rings. The molecule has 0 aliphatic rings. The van der Waals surface area contributed by atoms with Crippen molar-refractivity contribution in [2.24, 2.45) is 0 Å². The molecule has 3 heterocycles. The summed E-state index contributed by atoms with van der Waals surface area (Å²) in [6, 6.07) is 49.3. The monoisotopic (exact) mass is 540 g/mol. The summed E-state index contributed by atoms with van der Waals surface area (Å²) in [5.41, 5.74) is 8.44. The lowest BCUT2D eigenvalue weighted by Gasteiger charge is -2.20. The van der Waals surface area contributed by atoms with Crippen molar-refractivity contribution in [1.29, 1.82) is 0 Å². The molecule has 0 aliphatic carbocycles. The van der Waals surface area contributed by atoms with Crippen molar-refractivity contribution in [3.8, 4) is 44.2 Å². The number of nitrogens with zero attached hydrogens (tertiary/aromatic N) is 2. The number of benzene rings is 5. The van der Waals surface area contributed by atoms with Gasteiger partial charge in [0.2, 0.25) is 0 Å². The fourth-order valence-electron chi connectivity index (χ4n) is 5.91. The predicted molar refractivity (Wildman–Crippen MR) is 174 cm³/mol. The number of thiophene rings is 1. The van der Waals surface area contributed by atoms with Gasteiger partial charge in [-0.2, -0.15) is 0 Å². The smallest absolute Gasteiger partial charge is 0.0973 e. The van der Waals surface area contributed by atoms with Crippen LogP contribution in [0.15, 0.2) is 145 Å². The van der Waals surface area contributed by atoms with Crippen molar-refractivity contribution in [2.45, 2.75) is 0 Å². The highest BCUT2D eigenvalue weighted by Gasteiger charge is 2.23. The first kappa shape index (κ1) is 23.7. The molecule has 0 fully saturated rings. The third-order valence-electron chi connectivity index (χ3n) is 7.77. The van der Waals surface area contributed by atoms with Gasteiger partial charge in [0.1, 0.15) is 0 Å². The lowest BCUT2D eigenvalue weighted by atomic mass is 9.87. The van der Waals surface area contributed by atoms with Crippen molar-refractivity contribution in [2.75, 3.05) is 0 Å². The van der Waals surface area contributed by atoms with E-state index in [9.17, 15) is 0 Å². The highest BCUT2D eigenvalue weighted by Crippen LogP contribution is 2.47. The van der Waals surface area contributed by atoms with Gasteiger partial charge in [-0.3, -0.25) is 0 Å². The molecule has 0 unspecified atom stereocenters. The normalized spacial score (nSPS) is 11.4. The van der Waals surface area contributed by atoms with E-state index in [1.54, 1.807) is 11.3 Å². The van der Waals surface area contributed by atoms with E-state index in [0.717, 1.165) is 43.8 Å². The molecule has 0 saturated carbocycles. The van der Waals surface area contributed by atoms with E-state index in [4.69, 9.17) is 9.97 Å². The van der Waals surface area contributed by atoms with Gasteiger partial charge >= 0.3 is 0 Å². The van der Waals surface area contributed by atoms with Crippen LogP contribution in [0.3, 0.4) is 0 Å². The summed E-state index contributed by atoms with van der Waals surface area (Å²) in [5.74, 6) is 0. The van der Waals surface area contributed by atoms with Gasteiger partial charge in [-0.25, -0.2) is 9.97 Å². The van der Waals surface area contributed by atoms with Crippen molar-refractivity contribution >= 4 is 43.8 Å². The van der Waals surface area contributed by atoms with Crippen molar-refractivity contribution in [3.05, 3.63) is 145 Å². The summed E-state index contributed by atoms with van der Waals surface area (Å²) in [6.45, 7) is 0. The van der Waals surface area contributed by atoms with Gasteiger partial charge in [0.25, 0.3) is 0 Å². The molecule has 192 valence electrons. The van der Waals surface area contributed by atoms with E-state index in [1.807, 2.05) is 6.07 Å². The Morgan fingerprint density at radius 3 is 2.07 bits per heavy atom. The van der Waals surface area contributed by atoms with E-state index >= 15 is 0 Å². The highest BCUT2D eigenvalue weighted by molar-refractivity contribution is 7.13. The Morgan fingerprint density at radius 2 is 1.20 bits per heavy atom. The summed E-state index contributed by atoms with van der Waals surface area (Å²) in [7, 11) is 0.